The lowest BCUT2D eigenvalue weighted by Crippen LogP contribution is -2.15. The van der Waals surface area contributed by atoms with E-state index in [2.05, 4.69) is 20.3 Å². The number of hydrogen-bond donors (Lipinski definition) is 3. The Morgan fingerprint density at radius 2 is 2.15 bits per heavy atom. The van der Waals surface area contributed by atoms with E-state index >= 15 is 0 Å². The molecule has 3 aromatic rings. The number of aromatic amines is 1. The van der Waals surface area contributed by atoms with Crippen LogP contribution >= 0.6 is 0 Å². The maximum atomic E-state index is 11.5. The fourth-order valence-electron chi connectivity index (χ4n) is 1.92. The zero-order valence-corrected chi connectivity index (χ0v) is 10.4. The SMILES string of the molecule is O=c1nc2ncccc2c(Nc2cccc([B]O)c2)[nH]1. The van der Waals surface area contributed by atoms with Crippen molar-refractivity contribution in [3.05, 3.63) is 53.1 Å². The van der Waals surface area contributed by atoms with Gasteiger partial charge in [-0.3, -0.25) is 4.98 Å². The van der Waals surface area contributed by atoms with Gasteiger partial charge in [0.25, 0.3) is 0 Å². The number of anilines is 2. The van der Waals surface area contributed by atoms with Crippen LogP contribution in [0.2, 0.25) is 0 Å². The third kappa shape index (κ3) is 2.39. The van der Waals surface area contributed by atoms with Crippen molar-refractivity contribution in [2.45, 2.75) is 0 Å². The van der Waals surface area contributed by atoms with Crippen LogP contribution < -0.4 is 16.5 Å². The summed E-state index contributed by atoms with van der Waals surface area (Å²) >= 11 is 0. The number of pyridine rings is 1. The minimum Gasteiger partial charge on any atom is -0.450 e. The lowest BCUT2D eigenvalue weighted by Gasteiger charge is -2.09. The minimum absolute atomic E-state index is 0.378. The maximum absolute atomic E-state index is 11.5. The number of H-pyrrole nitrogens is 1. The second-order valence-corrected chi connectivity index (χ2v) is 4.17. The van der Waals surface area contributed by atoms with Gasteiger partial charge in [0.2, 0.25) is 0 Å². The van der Waals surface area contributed by atoms with E-state index in [-0.39, 0.29) is 0 Å². The van der Waals surface area contributed by atoms with E-state index in [4.69, 9.17) is 5.02 Å². The normalized spacial score (nSPS) is 10.4. The van der Waals surface area contributed by atoms with E-state index < -0.39 is 5.69 Å². The number of hydrogen-bond acceptors (Lipinski definition) is 5. The number of aromatic nitrogens is 3. The summed E-state index contributed by atoms with van der Waals surface area (Å²) in [5.41, 5.74) is 1.31. The highest BCUT2D eigenvalue weighted by molar-refractivity contribution is 6.45. The van der Waals surface area contributed by atoms with Crippen molar-refractivity contribution in [1.82, 2.24) is 15.0 Å². The van der Waals surface area contributed by atoms with Gasteiger partial charge in [-0.05, 0) is 24.3 Å². The Kier molecular flexibility index (Phi) is 3.18. The highest BCUT2D eigenvalue weighted by Crippen LogP contribution is 2.19. The molecule has 1 radical (unpaired) electrons. The molecule has 0 bridgehead atoms. The molecule has 0 unspecified atom stereocenters. The lowest BCUT2D eigenvalue weighted by atomic mass is 9.89. The van der Waals surface area contributed by atoms with E-state index in [1.165, 1.54) is 0 Å². The van der Waals surface area contributed by atoms with Crippen LogP contribution in [0.1, 0.15) is 0 Å². The van der Waals surface area contributed by atoms with Crippen LogP contribution in [0, 0.1) is 0 Å². The molecule has 2 heterocycles. The zero-order valence-electron chi connectivity index (χ0n) is 10.4. The molecular weight excluding hydrogens is 255 g/mol. The van der Waals surface area contributed by atoms with Gasteiger partial charge in [0, 0.05) is 11.9 Å². The van der Waals surface area contributed by atoms with Crippen LogP contribution in [-0.4, -0.2) is 27.5 Å². The minimum atomic E-state index is -0.469. The fraction of sp³-hybridized carbons (Fsp3) is 0. The molecule has 20 heavy (non-hydrogen) atoms. The van der Waals surface area contributed by atoms with Crippen molar-refractivity contribution in [2.75, 3.05) is 5.32 Å². The molecule has 0 spiro atoms. The second-order valence-electron chi connectivity index (χ2n) is 4.17. The van der Waals surface area contributed by atoms with Gasteiger partial charge in [0.1, 0.15) is 5.82 Å². The summed E-state index contributed by atoms with van der Waals surface area (Å²) in [6, 6.07) is 10.7. The van der Waals surface area contributed by atoms with Gasteiger partial charge in [-0.25, -0.2) is 9.78 Å². The first-order valence-corrected chi connectivity index (χ1v) is 5.96. The van der Waals surface area contributed by atoms with Gasteiger partial charge in [0.05, 0.1) is 5.39 Å². The largest absolute Gasteiger partial charge is 0.450 e. The molecule has 0 fully saturated rings. The number of nitrogens with one attached hydrogen (secondary N) is 2. The quantitative estimate of drug-likeness (QED) is 0.592. The van der Waals surface area contributed by atoms with Gasteiger partial charge in [-0.2, -0.15) is 4.98 Å². The van der Waals surface area contributed by atoms with E-state index in [1.807, 2.05) is 12.1 Å². The summed E-state index contributed by atoms with van der Waals surface area (Å²) in [7, 11) is 1.01. The first kappa shape index (κ1) is 12.4. The average Bonchev–Trinajstić information content (AvgIpc) is 2.47. The summed E-state index contributed by atoms with van der Waals surface area (Å²) in [6.45, 7) is 0. The van der Waals surface area contributed by atoms with Gasteiger partial charge < -0.3 is 10.3 Å². The molecule has 0 saturated carbocycles. The number of rotatable bonds is 3. The van der Waals surface area contributed by atoms with Crippen LogP contribution in [0.25, 0.3) is 11.0 Å². The lowest BCUT2D eigenvalue weighted by molar-refractivity contribution is 0.615. The third-order valence-electron chi connectivity index (χ3n) is 2.80. The van der Waals surface area contributed by atoms with E-state index in [1.54, 1.807) is 30.5 Å². The maximum Gasteiger partial charge on any atom is 0.348 e. The van der Waals surface area contributed by atoms with Gasteiger partial charge >= 0.3 is 13.2 Å². The van der Waals surface area contributed by atoms with Crippen LogP contribution in [0.5, 0.6) is 0 Å². The highest BCUT2D eigenvalue weighted by Gasteiger charge is 2.06. The summed E-state index contributed by atoms with van der Waals surface area (Å²) in [5.74, 6) is 0.517. The molecule has 0 atom stereocenters. The number of nitrogens with zero attached hydrogens (tertiary/aromatic N) is 2. The summed E-state index contributed by atoms with van der Waals surface area (Å²) < 4.78 is 0. The first-order valence-electron chi connectivity index (χ1n) is 5.96. The molecule has 0 amide bonds. The van der Waals surface area contributed by atoms with Crippen molar-refractivity contribution in [3.8, 4) is 0 Å². The Morgan fingerprint density at radius 3 is 3.00 bits per heavy atom. The van der Waals surface area contributed by atoms with Crippen molar-refractivity contribution < 1.29 is 5.02 Å². The predicted molar refractivity (Wildman–Crippen MR) is 77.5 cm³/mol. The van der Waals surface area contributed by atoms with Gasteiger partial charge in [-0.1, -0.05) is 17.6 Å². The van der Waals surface area contributed by atoms with Crippen LogP contribution in [0.4, 0.5) is 11.5 Å². The predicted octanol–water partition coefficient (Wildman–Crippen LogP) is 0.298. The molecule has 2 aromatic heterocycles. The highest BCUT2D eigenvalue weighted by atomic mass is 16.2. The Labute approximate surface area is 114 Å². The molecule has 97 valence electrons. The van der Waals surface area contributed by atoms with Crippen molar-refractivity contribution in [1.29, 1.82) is 0 Å². The number of benzene rings is 1. The first-order chi connectivity index (χ1) is 9.76. The van der Waals surface area contributed by atoms with E-state index in [0.717, 1.165) is 13.2 Å². The van der Waals surface area contributed by atoms with Crippen molar-refractivity contribution >= 4 is 35.5 Å². The molecule has 0 aliphatic rings. The Balaban J connectivity index is 2.08. The molecular formula is C13H10BN4O2. The molecule has 7 heteroatoms. The fourth-order valence-corrected chi connectivity index (χ4v) is 1.92. The third-order valence-corrected chi connectivity index (χ3v) is 2.80. The molecule has 3 N–H and O–H groups in total. The molecule has 6 nitrogen and oxygen atoms in total. The van der Waals surface area contributed by atoms with Crippen LogP contribution in [0.3, 0.4) is 0 Å². The Bertz CT molecular complexity index is 819. The monoisotopic (exact) mass is 265 g/mol. The molecule has 0 aliphatic carbocycles. The van der Waals surface area contributed by atoms with Crippen LogP contribution in [-0.2, 0) is 0 Å². The van der Waals surface area contributed by atoms with E-state index in [9.17, 15) is 4.79 Å². The van der Waals surface area contributed by atoms with Crippen molar-refractivity contribution in [3.63, 3.8) is 0 Å². The summed E-state index contributed by atoms with van der Waals surface area (Å²) in [5, 5.41) is 12.8. The zero-order chi connectivity index (χ0) is 13.9. The van der Waals surface area contributed by atoms with Crippen molar-refractivity contribution in [2.24, 2.45) is 0 Å². The van der Waals surface area contributed by atoms with Gasteiger partial charge in [0.15, 0.2) is 5.65 Å². The summed E-state index contributed by atoms with van der Waals surface area (Å²) in [4.78, 5) is 22.0. The smallest absolute Gasteiger partial charge is 0.348 e. The molecule has 0 saturated heterocycles. The van der Waals surface area contributed by atoms with Gasteiger partial charge in [-0.15, -0.1) is 0 Å². The standard InChI is InChI=1S/C13H10BN4O2/c19-13-17-11-10(5-2-6-15-11)12(18-13)16-9-4-1-3-8(7-9)14-20/h1-7,20H,(H2,15,16,17,18,19). The average molecular weight is 265 g/mol. The topological polar surface area (TPSA) is 90.9 Å². The molecule has 0 aliphatic heterocycles. The summed E-state index contributed by atoms with van der Waals surface area (Å²) in [6.07, 6.45) is 1.58. The van der Waals surface area contributed by atoms with Crippen LogP contribution in [0.15, 0.2) is 47.4 Å². The Morgan fingerprint density at radius 1 is 1.25 bits per heavy atom. The molecule has 1 aromatic carbocycles. The number of fused-ring (bicyclic) bond motifs is 1. The van der Waals surface area contributed by atoms with E-state index in [0.29, 0.717) is 22.3 Å². The Hall–Kier alpha value is -2.67. The second kappa shape index (κ2) is 5.14. The molecule has 3 rings (SSSR count).